The molecule has 0 bridgehead atoms. The third-order valence-electron chi connectivity index (χ3n) is 5.35. The quantitative estimate of drug-likeness (QED) is 0.491. The number of amides is 1. The first-order valence-electron chi connectivity index (χ1n) is 10.7. The average molecular weight is 481 g/mol. The Balaban J connectivity index is 1.65. The van der Waals surface area contributed by atoms with Crippen molar-refractivity contribution in [2.75, 3.05) is 31.1 Å². The third-order valence-corrected chi connectivity index (χ3v) is 7.39. The lowest BCUT2D eigenvalue weighted by atomic mass is 10.3. The van der Waals surface area contributed by atoms with Crippen LogP contribution >= 0.6 is 11.6 Å². The minimum atomic E-state index is -3.98. The number of rotatable bonds is 11. The Bertz CT molecular complexity index is 974. The van der Waals surface area contributed by atoms with Gasteiger partial charge in [-0.25, -0.2) is 8.42 Å². The molecule has 0 saturated heterocycles. The van der Waals surface area contributed by atoms with E-state index in [1.165, 1.54) is 32.1 Å². The maximum absolute atomic E-state index is 13.3. The van der Waals surface area contributed by atoms with Crippen LogP contribution in [0.15, 0.2) is 53.4 Å². The second-order valence-corrected chi connectivity index (χ2v) is 9.94. The van der Waals surface area contributed by atoms with Crippen molar-refractivity contribution in [1.29, 1.82) is 0 Å². The van der Waals surface area contributed by atoms with Gasteiger partial charge in [-0.15, -0.1) is 0 Å². The zero-order valence-corrected chi connectivity index (χ0v) is 19.7. The molecule has 0 aromatic heterocycles. The smallest absolute Gasteiger partial charge is 0.264 e. The molecule has 1 amide bonds. The molecular weight excluding hydrogens is 452 g/mol. The Morgan fingerprint density at radius 1 is 1.09 bits per heavy atom. The number of carbonyl (C=O) groups is 1. The fraction of sp³-hybridized carbons (Fsp3) is 0.435. The normalized spacial score (nSPS) is 14.3. The zero-order valence-electron chi connectivity index (χ0n) is 18.1. The Kier molecular flexibility index (Phi) is 8.78. The van der Waals surface area contributed by atoms with Gasteiger partial charge < -0.3 is 14.8 Å². The van der Waals surface area contributed by atoms with Gasteiger partial charge in [0.25, 0.3) is 10.0 Å². The topological polar surface area (TPSA) is 84.9 Å². The number of halogens is 1. The van der Waals surface area contributed by atoms with Gasteiger partial charge in [-0.05, 0) is 67.8 Å². The predicted molar refractivity (Wildman–Crippen MR) is 125 cm³/mol. The fourth-order valence-electron chi connectivity index (χ4n) is 3.59. The summed E-state index contributed by atoms with van der Waals surface area (Å²) < 4.78 is 38.6. The van der Waals surface area contributed by atoms with Gasteiger partial charge in [-0.1, -0.05) is 24.4 Å². The van der Waals surface area contributed by atoms with E-state index < -0.39 is 15.9 Å². The first-order valence-corrected chi connectivity index (χ1v) is 12.5. The monoisotopic (exact) mass is 480 g/mol. The van der Waals surface area contributed by atoms with Crippen molar-refractivity contribution in [2.45, 2.75) is 43.1 Å². The van der Waals surface area contributed by atoms with Crippen LogP contribution in [0.1, 0.15) is 32.1 Å². The SMILES string of the molecule is COc1ccc(S(=O)(=O)N(CC(=O)NCCCOC2CCCC2)c2ccc(Cl)cc2)cc1. The zero-order chi connectivity index (χ0) is 23.0. The maximum atomic E-state index is 13.3. The number of hydrogen-bond donors (Lipinski definition) is 1. The number of benzene rings is 2. The Labute approximate surface area is 194 Å². The Morgan fingerprint density at radius 3 is 2.38 bits per heavy atom. The summed E-state index contributed by atoms with van der Waals surface area (Å²) in [5.74, 6) is 0.150. The van der Waals surface area contributed by atoms with Crippen LogP contribution < -0.4 is 14.4 Å². The molecule has 0 aliphatic heterocycles. The third kappa shape index (κ3) is 6.60. The van der Waals surface area contributed by atoms with Gasteiger partial charge in [0, 0.05) is 18.2 Å². The molecule has 1 fully saturated rings. The molecule has 1 aliphatic carbocycles. The summed E-state index contributed by atoms with van der Waals surface area (Å²) in [7, 11) is -2.48. The number of sulfonamides is 1. The summed E-state index contributed by atoms with van der Waals surface area (Å²) >= 11 is 5.96. The summed E-state index contributed by atoms with van der Waals surface area (Å²) in [6.45, 7) is 0.651. The van der Waals surface area contributed by atoms with Crippen LogP contribution in [0, 0.1) is 0 Å². The molecule has 0 radical (unpaired) electrons. The number of ether oxygens (including phenoxy) is 2. The molecule has 1 aliphatic rings. The van der Waals surface area contributed by atoms with E-state index >= 15 is 0 Å². The number of carbonyl (C=O) groups excluding carboxylic acids is 1. The van der Waals surface area contributed by atoms with Crippen molar-refractivity contribution in [3.8, 4) is 5.75 Å². The largest absolute Gasteiger partial charge is 0.497 e. The van der Waals surface area contributed by atoms with Crippen molar-refractivity contribution in [3.05, 3.63) is 53.6 Å². The van der Waals surface area contributed by atoms with Gasteiger partial charge >= 0.3 is 0 Å². The lowest BCUT2D eigenvalue weighted by molar-refractivity contribution is -0.119. The van der Waals surface area contributed by atoms with Crippen molar-refractivity contribution >= 4 is 33.2 Å². The fourth-order valence-corrected chi connectivity index (χ4v) is 5.14. The molecule has 0 unspecified atom stereocenters. The van der Waals surface area contributed by atoms with Crippen LogP contribution in [0.25, 0.3) is 0 Å². The van der Waals surface area contributed by atoms with Gasteiger partial charge in [0.15, 0.2) is 0 Å². The molecule has 2 aromatic rings. The van der Waals surface area contributed by atoms with E-state index in [0.717, 1.165) is 17.1 Å². The highest BCUT2D eigenvalue weighted by atomic mass is 35.5. The van der Waals surface area contributed by atoms with Gasteiger partial charge in [-0.2, -0.15) is 0 Å². The predicted octanol–water partition coefficient (Wildman–Crippen LogP) is 4.01. The number of anilines is 1. The second-order valence-electron chi connectivity index (χ2n) is 7.64. The summed E-state index contributed by atoms with van der Waals surface area (Å²) in [5.41, 5.74) is 0.352. The van der Waals surface area contributed by atoms with E-state index in [4.69, 9.17) is 21.1 Å². The highest BCUT2D eigenvalue weighted by Crippen LogP contribution is 2.26. The first-order chi connectivity index (χ1) is 15.4. The molecule has 1 N–H and O–H groups in total. The van der Waals surface area contributed by atoms with E-state index in [2.05, 4.69) is 5.32 Å². The maximum Gasteiger partial charge on any atom is 0.264 e. The van der Waals surface area contributed by atoms with Crippen LogP contribution in [0.2, 0.25) is 5.02 Å². The van der Waals surface area contributed by atoms with Crippen molar-refractivity contribution < 1.29 is 22.7 Å². The number of methoxy groups -OCH3 is 1. The summed E-state index contributed by atoms with van der Waals surface area (Å²) in [6, 6.07) is 12.4. The van der Waals surface area contributed by atoms with Crippen molar-refractivity contribution in [3.63, 3.8) is 0 Å². The van der Waals surface area contributed by atoms with Crippen LogP contribution in [-0.4, -0.2) is 47.2 Å². The number of nitrogens with one attached hydrogen (secondary N) is 1. The molecule has 7 nitrogen and oxygen atoms in total. The lowest BCUT2D eigenvalue weighted by Crippen LogP contribution is -2.41. The molecule has 0 atom stereocenters. The van der Waals surface area contributed by atoms with E-state index in [9.17, 15) is 13.2 Å². The molecule has 2 aromatic carbocycles. The molecule has 0 spiro atoms. The lowest BCUT2D eigenvalue weighted by Gasteiger charge is -2.24. The first kappa shape index (κ1) is 24.4. The minimum absolute atomic E-state index is 0.0611. The van der Waals surface area contributed by atoms with E-state index in [1.54, 1.807) is 36.4 Å². The molecular formula is C23H29ClN2O5S. The summed E-state index contributed by atoms with van der Waals surface area (Å²) in [4.78, 5) is 12.6. The van der Waals surface area contributed by atoms with Gasteiger partial charge in [0.1, 0.15) is 12.3 Å². The van der Waals surface area contributed by atoms with Gasteiger partial charge in [0.05, 0.1) is 23.8 Å². The van der Waals surface area contributed by atoms with E-state index in [0.29, 0.717) is 42.1 Å². The Hall–Kier alpha value is -2.29. The molecule has 174 valence electrons. The molecule has 3 rings (SSSR count). The number of nitrogens with zero attached hydrogens (tertiary/aromatic N) is 1. The van der Waals surface area contributed by atoms with Crippen LogP contribution in [-0.2, 0) is 19.6 Å². The number of hydrogen-bond acceptors (Lipinski definition) is 5. The molecule has 9 heteroatoms. The van der Waals surface area contributed by atoms with E-state index in [-0.39, 0.29) is 11.4 Å². The summed E-state index contributed by atoms with van der Waals surface area (Å²) in [6.07, 6.45) is 5.64. The minimum Gasteiger partial charge on any atom is -0.497 e. The van der Waals surface area contributed by atoms with Crippen molar-refractivity contribution in [1.82, 2.24) is 5.32 Å². The van der Waals surface area contributed by atoms with Gasteiger partial charge in [-0.3, -0.25) is 9.10 Å². The second kappa shape index (κ2) is 11.5. The Morgan fingerprint density at radius 2 is 1.75 bits per heavy atom. The van der Waals surface area contributed by atoms with Crippen LogP contribution in [0.4, 0.5) is 5.69 Å². The van der Waals surface area contributed by atoms with Crippen LogP contribution in [0.5, 0.6) is 5.75 Å². The van der Waals surface area contributed by atoms with Crippen molar-refractivity contribution in [2.24, 2.45) is 0 Å². The standard InChI is InChI=1S/C23H29ClN2O5S/c1-30-20-11-13-22(14-12-20)32(28,29)26(19-9-7-18(24)8-10-19)17-23(27)25-15-4-16-31-21-5-2-3-6-21/h7-14,21H,2-6,15-17H2,1H3,(H,25,27). The molecule has 1 saturated carbocycles. The molecule has 32 heavy (non-hydrogen) atoms. The summed E-state index contributed by atoms with van der Waals surface area (Å²) in [5, 5.41) is 3.26. The highest BCUT2D eigenvalue weighted by Gasteiger charge is 2.27. The van der Waals surface area contributed by atoms with Gasteiger partial charge in [0.2, 0.25) is 5.91 Å². The molecule has 0 heterocycles. The van der Waals surface area contributed by atoms with E-state index in [1.807, 2.05) is 0 Å². The van der Waals surface area contributed by atoms with Crippen LogP contribution in [0.3, 0.4) is 0 Å². The highest BCUT2D eigenvalue weighted by molar-refractivity contribution is 7.92. The average Bonchev–Trinajstić information content (AvgIpc) is 3.31.